The van der Waals surface area contributed by atoms with E-state index in [-0.39, 0.29) is 24.4 Å². The first-order valence-corrected chi connectivity index (χ1v) is 7.52. The Morgan fingerprint density at radius 2 is 2.05 bits per heavy atom. The topological polar surface area (TPSA) is 68.0 Å². The first-order valence-electron chi connectivity index (χ1n) is 6.70. The smallest absolute Gasteiger partial charge is 0.227 e. The van der Waals surface area contributed by atoms with E-state index >= 15 is 0 Å². The van der Waals surface area contributed by atoms with Crippen LogP contribution in [0.1, 0.15) is 25.1 Å². The molecule has 1 amide bonds. The van der Waals surface area contributed by atoms with E-state index in [1.165, 1.54) is 16.2 Å². The van der Waals surface area contributed by atoms with Crippen molar-refractivity contribution in [2.45, 2.75) is 32.7 Å². The monoisotopic (exact) mass is 325 g/mol. The molecule has 0 fully saturated rings. The Morgan fingerprint density at radius 1 is 1.38 bits per heavy atom. The van der Waals surface area contributed by atoms with Crippen molar-refractivity contribution in [3.8, 4) is 11.3 Å². The summed E-state index contributed by atoms with van der Waals surface area (Å²) in [5.41, 5.74) is 7.65. The molecule has 0 aliphatic rings. The third kappa shape index (κ3) is 4.81. The minimum Gasteiger partial charge on any atom is -0.327 e. The predicted octanol–water partition coefficient (Wildman–Crippen LogP) is 3.47. The molecule has 114 valence electrons. The van der Waals surface area contributed by atoms with E-state index in [4.69, 9.17) is 5.73 Å². The third-order valence-corrected chi connectivity index (χ3v) is 3.93. The lowest BCUT2D eigenvalue weighted by Crippen LogP contribution is -2.23. The Bertz CT molecular complexity index is 584. The second-order valence-corrected chi connectivity index (χ2v) is 5.82. The van der Waals surface area contributed by atoms with Gasteiger partial charge in [0, 0.05) is 22.9 Å². The highest BCUT2D eigenvalue weighted by Gasteiger charge is 2.14. The average Bonchev–Trinajstić information content (AvgIpc) is 2.81. The number of thiazole rings is 1. The van der Waals surface area contributed by atoms with E-state index in [0.717, 1.165) is 17.7 Å². The van der Waals surface area contributed by atoms with Gasteiger partial charge in [0.1, 0.15) is 0 Å². The number of nitrogens with zero attached hydrogens (tertiary/aromatic N) is 1. The van der Waals surface area contributed by atoms with E-state index < -0.39 is 0 Å². The molecule has 1 heterocycles. The van der Waals surface area contributed by atoms with E-state index in [2.05, 4.69) is 17.2 Å². The van der Waals surface area contributed by atoms with Crippen LogP contribution in [0, 0.1) is 0 Å². The number of aromatic nitrogens is 1. The molecule has 4 nitrogen and oxygen atoms in total. The van der Waals surface area contributed by atoms with Gasteiger partial charge in [0.2, 0.25) is 5.91 Å². The van der Waals surface area contributed by atoms with Gasteiger partial charge in [-0.15, -0.1) is 23.7 Å². The van der Waals surface area contributed by atoms with Crippen LogP contribution in [-0.4, -0.2) is 16.9 Å². The van der Waals surface area contributed by atoms with Crippen LogP contribution in [0.25, 0.3) is 11.3 Å². The van der Waals surface area contributed by atoms with Crippen LogP contribution >= 0.6 is 23.7 Å². The zero-order valence-corrected chi connectivity index (χ0v) is 13.8. The van der Waals surface area contributed by atoms with Gasteiger partial charge >= 0.3 is 0 Å². The molecule has 0 saturated carbocycles. The number of hydrogen-bond donors (Lipinski definition) is 2. The summed E-state index contributed by atoms with van der Waals surface area (Å²) in [5, 5.41) is 3.47. The number of carbonyl (C=O) groups is 1. The van der Waals surface area contributed by atoms with Crippen LogP contribution < -0.4 is 11.1 Å². The summed E-state index contributed by atoms with van der Waals surface area (Å²) in [7, 11) is 0. The largest absolute Gasteiger partial charge is 0.327 e. The summed E-state index contributed by atoms with van der Waals surface area (Å²) in [6.07, 6.45) is 1.20. The van der Waals surface area contributed by atoms with Crippen LogP contribution in [0.2, 0.25) is 0 Å². The van der Waals surface area contributed by atoms with E-state index in [0.29, 0.717) is 11.6 Å². The van der Waals surface area contributed by atoms with Crippen molar-refractivity contribution >= 4 is 34.8 Å². The van der Waals surface area contributed by atoms with E-state index in [1.807, 2.05) is 37.3 Å². The number of carbonyl (C=O) groups excluding carboxylic acids is 1. The molecule has 0 saturated heterocycles. The molecule has 0 spiro atoms. The Labute approximate surface area is 135 Å². The third-order valence-electron chi connectivity index (χ3n) is 2.82. The number of aryl methyl sites for hydroxylation is 1. The molecule has 0 bridgehead atoms. The second kappa shape index (κ2) is 8.12. The van der Waals surface area contributed by atoms with Gasteiger partial charge < -0.3 is 11.1 Å². The van der Waals surface area contributed by atoms with Gasteiger partial charge in [0.15, 0.2) is 5.13 Å². The van der Waals surface area contributed by atoms with Gasteiger partial charge in [-0.25, -0.2) is 4.98 Å². The summed E-state index contributed by atoms with van der Waals surface area (Å²) >= 11 is 1.53. The minimum absolute atomic E-state index is 0. The lowest BCUT2D eigenvalue weighted by atomic mass is 10.1. The number of nitrogens with two attached hydrogens (primary N) is 1. The summed E-state index contributed by atoms with van der Waals surface area (Å²) in [6.45, 7) is 3.90. The first-order chi connectivity index (χ1) is 9.60. The van der Waals surface area contributed by atoms with Crippen LogP contribution in [0.4, 0.5) is 5.13 Å². The zero-order valence-electron chi connectivity index (χ0n) is 12.1. The van der Waals surface area contributed by atoms with E-state index in [9.17, 15) is 4.79 Å². The molecule has 6 heteroatoms. The Morgan fingerprint density at radius 3 is 2.62 bits per heavy atom. The van der Waals surface area contributed by atoms with Gasteiger partial charge in [-0.05, 0) is 13.3 Å². The molecule has 0 aliphatic heterocycles. The number of halogens is 1. The molecule has 1 aromatic carbocycles. The van der Waals surface area contributed by atoms with Crippen LogP contribution in [-0.2, 0) is 11.2 Å². The van der Waals surface area contributed by atoms with Crippen molar-refractivity contribution in [2.24, 2.45) is 5.73 Å². The van der Waals surface area contributed by atoms with Crippen LogP contribution in [0.3, 0.4) is 0 Å². The number of nitrogens with one attached hydrogen (secondary N) is 1. The molecule has 1 aromatic heterocycles. The van der Waals surface area contributed by atoms with Crippen molar-refractivity contribution in [1.82, 2.24) is 4.98 Å². The van der Waals surface area contributed by atoms with Crippen molar-refractivity contribution in [3.63, 3.8) is 0 Å². The molecule has 2 rings (SSSR count). The maximum absolute atomic E-state index is 11.7. The van der Waals surface area contributed by atoms with Crippen LogP contribution in [0.15, 0.2) is 30.3 Å². The fourth-order valence-corrected chi connectivity index (χ4v) is 2.87. The van der Waals surface area contributed by atoms with Crippen molar-refractivity contribution < 1.29 is 4.79 Å². The lowest BCUT2D eigenvalue weighted by Gasteiger charge is -2.03. The van der Waals surface area contributed by atoms with Gasteiger partial charge in [0.25, 0.3) is 0 Å². The summed E-state index contributed by atoms with van der Waals surface area (Å²) in [6, 6.07) is 9.87. The van der Waals surface area contributed by atoms with Crippen molar-refractivity contribution in [2.75, 3.05) is 5.32 Å². The Balaban J connectivity index is 0.00000220. The molecule has 1 unspecified atom stereocenters. The molecule has 3 N–H and O–H groups in total. The SMILES string of the molecule is CCc1sc(NC(=O)CC(C)N)nc1-c1ccccc1.Cl. The number of rotatable bonds is 5. The quantitative estimate of drug-likeness (QED) is 0.884. The molecule has 21 heavy (non-hydrogen) atoms. The van der Waals surface area contributed by atoms with Crippen molar-refractivity contribution in [3.05, 3.63) is 35.2 Å². The highest BCUT2D eigenvalue weighted by Crippen LogP contribution is 2.31. The lowest BCUT2D eigenvalue weighted by molar-refractivity contribution is -0.116. The molecular formula is C15H20ClN3OS. The molecule has 2 aromatic rings. The normalized spacial score (nSPS) is 11.6. The highest BCUT2D eigenvalue weighted by molar-refractivity contribution is 7.16. The zero-order chi connectivity index (χ0) is 14.5. The summed E-state index contributed by atoms with van der Waals surface area (Å²) in [4.78, 5) is 17.5. The van der Waals surface area contributed by atoms with E-state index in [1.54, 1.807) is 0 Å². The molecule has 0 aliphatic carbocycles. The predicted molar refractivity (Wildman–Crippen MR) is 91.1 cm³/mol. The molecular weight excluding hydrogens is 306 g/mol. The average molecular weight is 326 g/mol. The van der Waals surface area contributed by atoms with Gasteiger partial charge in [0.05, 0.1) is 5.69 Å². The summed E-state index contributed by atoms with van der Waals surface area (Å²) < 4.78 is 0. The Kier molecular flexibility index (Phi) is 6.81. The minimum atomic E-state index is -0.144. The number of hydrogen-bond acceptors (Lipinski definition) is 4. The number of anilines is 1. The van der Waals surface area contributed by atoms with Crippen LogP contribution in [0.5, 0.6) is 0 Å². The number of benzene rings is 1. The van der Waals surface area contributed by atoms with Gasteiger partial charge in [-0.3, -0.25) is 4.79 Å². The van der Waals surface area contributed by atoms with Gasteiger partial charge in [-0.2, -0.15) is 0 Å². The summed E-state index contributed by atoms with van der Waals surface area (Å²) in [5.74, 6) is -0.0870. The standard InChI is InChI=1S/C15H19N3OS.ClH/c1-3-12-14(11-7-5-4-6-8-11)18-15(20-12)17-13(19)9-10(2)16;/h4-8,10H,3,9,16H2,1-2H3,(H,17,18,19);1H. The number of amides is 1. The van der Waals surface area contributed by atoms with Gasteiger partial charge in [-0.1, -0.05) is 37.3 Å². The first kappa shape index (κ1) is 17.6. The molecule has 0 radical (unpaired) electrons. The maximum Gasteiger partial charge on any atom is 0.227 e. The molecule has 1 atom stereocenters. The maximum atomic E-state index is 11.7. The fourth-order valence-electron chi connectivity index (χ4n) is 1.93. The highest BCUT2D eigenvalue weighted by atomic mass is 35.5. The Hall–Kier alpha value is -1.43. The second-order valence-electron chi connectivity index (χ2n) is 4.74. The van der Waals surface area contributed by atoms with Crippen molar-refractivity contribution in [1.29, 1.82) is 0 Å². The fraction of sp³-hybridized carbons (Fsp3) is 0.333.